The van der Waals surface area contributed by atoms with E-state index in [4.69, 9.17) is 14.2 Å². The molecule has 1 aromatic carbocycles. The number of hydrogen-bond acceptors (Lipinski definition) is 5. The van der Waals surface area contributed by atoms with Gasteiger partial charge in [-0.25, -0.2) is 0 Å². The van der Waals surface area contributed by atoms with Crippen molar-refractivity contribution in [2.75, 3.05) is 26.9 Å². The van der Waals surface area contributed by atoms with Crippen molar-refractivity contribution < 1.29 is 14.2 Å². The van der Waals surface area contributed by atoms with E-state index < -0.39 is 0 Å². The second kappa shape index (κ2) is 6.64. The number of ether oxygens (including phenoxy) is 3. The van der Waals surface area contributed by atoms with Crippen LogP contribution in [-0.4, -0.2) is 26.9 Å². The molecule has 2 heterocycles. The van der Waals surface area contributed by atoms with E-state index in [0.717, 1.165) is 31.0 Å². The van der Waals surface area contributed by atoms with Crippen molar-refractivity contribution in [1.29, 1.82) is 0 Å². The molecule has 0 bridgehead atoms. The molecule has 0 aliphatic carbocycles. The van der Waals surface area contributed by atoms with Gasteiger partial charge in [0.25, 0.3) is 0 Å². The highest BCUT2D eigenvalue weighted by Crippen LogP contribution is 2.40. The van der Waals surface area contributed by atoms with E-state index in [9.17, 15) is 0 Å². The van der Waals surface area contributed by atoms with E-state index in [1.54, 1.807) is 7.11 Å². The summed E-state index contributed by atoms with van der Waals surface area (Å²) in [4.78, 5) is 1.34. The van der Waals surface area contributed by atoms with Crippen LogP contribution in [-0.2, 0) is 17.9 Å². The fourth-order valence-corrected chi connectivity index (χ4v) is 3.75. The summed E-state index contributed by atoms with van der Waals surface area (Å²) in [7, 11) is 1.74. The minimum absolute atomic E-state index is 0.618. The number of rotatable bonds is 6. The van der Waals surface area contributed by atoms with E-state index in [1.165, 1.54) is 20.5 Å². The molecule has 21 heavy (non-hydrogen) atoms. The highest BCUT2D eigenvalue weighted by molar-refractivity contribution is 7.19. The van der Waals surface area contributed by atoms with Crippen LogP contribution in [0.4, 0.5) is 0 Å². The lowest BCUT2D eigenvalue weighted by Crippen LogP contribution is -2.15. The van der Waals surface area contributed by atoms with Crippen molar-refractivity contribution in [2.24, 2.45) is 0 Å². The first-order chi connectivity index (χ1) is 10.3. The van der Waals surface area contributed by atoms with Crippen LogP contribution in [0.1, 0.15) is 23.8 Å². The quantitative estimate of drug-likeness (QED) is 0.831. The molecule has 0 spiro atoms. The SMILES string of the molecule is CCCNCc1sc2cc3c(cc2c1COC)OCCO3. The zero-order valence-corrected chi connectivity index (χ0v) is 13.3. The second-order valence-corrected chi connectivity index (χ2v) is 6.24. The molecule has 1 aromatic heterocycles. The van der Waals surface area contributed by atoms with Crippen molar-refractivity contribution in [2.45, 2.75) is 26.5 Å². The summed E-state index contributed by atoms with van der Waals surface area (Å²) >= 11 is 1.81. The molecule has 0 saturated carbocycles. The van der Waals surface area contributed by atoms with E-state index in [2.05, 4.69) is 24.4 Å². The van der Waals surface area contributed by atoms with Crippen LogP contribution in [0.15, 0.2) is 12.1 Å². The number of fused-ring (bicyclic) bond motifs is 2. The van der Waals surface area contributed by atoms with E-state index in [0.29, 0.717) is 19.8 Å². The lowest BCUT2D eigenvalue weighted by Gasteiger charge is -2.18. The lowest BCUT2D eigenvalue weighted by molar-refractivity contribution is 0.172. The smallest absolute Gasteiger partial charge is 0.162 e. The van der Waals surface area contributed by atoms with Crippen LogP contribution in [0.3, 0.4) is 0 Å². The Hall–Kier alpha value is -1.30. The molecule has 0 fully saturated rings. The number of hydrogen-bond donors (Lipinski definition) is 1. The van der Waals surface area contributed by atoms with Crippen molar-refractivity contribution in [1.82, 2.24) is 5.32 Å². The molecule has 1 N–H and O–H groups in total. The van der Waals surface area contributed by atoms with Crippen molar-refractivity contribution >= 4 is 21.4 Å². The maximum Gasteiger partial charge on any atom is 0.162 e. The molecular weight excluding hydrogens is 286 g/mol. The van der Waals surface area contributed by atoms with Gasteiger partial charge in [0.05, 0.1) is 6.61 Å². The first-order valence-electron chi connectivity index (χ1n) is 7.37. The molecule has 0 saturated heterocycles. The second-order valence-electron chi connectivity index (χ2n) is 5.11. The normalized spacial score (nSPS) is 13.8. The topological polar surface area (TPSA) is 39.7 Å². The van der Waals surface area contributed by atoms with Gasteiger partial charge in [-0.1, -0.05) is 6.92 Å². The Morgan fingerprint density at radius 3 is 2.71 bits per heavy atom. The predicted octanol–water partition coefficient (Wildman–Crippen LogP) is 3.32. The molecule has 114 valence electrons. The summed E-state index contributed by atoms with van der Waals surface area (Å²) in [5.41, 5.74) is 1.26. The monoisotopic (exact) mass is 307 g/mol. The van der Waals surface area contributed by atoms with Gasteiger partial charge in [-0.3, -0.25) is 0 Å². The number of methoxy groups -OCH3 is 1. The van der Waals surface area contributed by atoms with Gasteiger partial charge in [0.1, 0.15) is 13.2 Å². The Kier molecular flexibility index (Phi) is 4.63. The standard InChI is InChI=1S/C16H21NO3S/c1-3-4-17-9-16-12(10-18-2)11-7-13-14(8-15(11)21-16)20-6-5-19-13/h7-8,17H,3-6,9-10H2,1-2H3. The van der Waals surface area contributed by atoms with Crippen LogP contribution in [0.2, 0.25) is 0 Å². The lowest BCUT2D eigenvalue weighted by atomic mass is 10.1. The average molecular weight is 307 g/mol. The highest BCUT2D eigenvalue weighted by atomic mass is 32.1. The highest BCUT2D eigenvalue weighted by Gasteiger charge is 2.18. The van der Waals surface area contributed by atoms with Gasteiger partial charge in [-0.2, -0.15) is 0 Å². The summed E-state index contributed by atoms with van der Waals surface area (Å²) < 4.78 is 18.0. The Labute approximate surface area is 129 Å². The van der Waals surface area contributed by atoms with Crippen LogP contribution < -0.4 is 14.8 Å². The largest absolute Gasteiger partial charge is 0.486 e. The van der Waals surface area contributed by atoms with Crippen LogP contribution >= 0.6 is 11.3 Å². The fraction of sp³-hybridized carbons (Fsp3) is 0.500. The molecule has 2 aromatic rings. The zero-order valence-electron chi connectivity index (χ0n) is 12.5. The maximum atomic E-state index is 5.70. The number of benzene rings is 1. The van der Waals surface area contributed by atoms with Gasteiger partial charge in [-0.05, 0) is 19.0 Å². The molecule has 0 atom stereocenters. The van der Waals surface area contributed by atoms with Gasteiger partial charge in [0, 0.05) is 40.2 Å². The van der Waals surface area contributed by atoms with Crippen LogP contribution in [0.5, 0.6) is 11.5 Å². The Balaban J connectivity index is 1.99. The third kappa shape index (κ3) is 3.00. The molecule has 0 radical (unpaired) electrons. The minimum Gasteiger partial charge on any atom is -0.486 e. The molecular formula is C16H21NO3S. The Bertz CT molecular complexity index is 623. The molecule has 1 aliphatic rings. The van der Waals surface area contributed by atoms with Gasteiger partial charge >= 0.3 is 0 Å². The molecule has 0 unspecified atom stereocenters. The van der Waals surface area contributed by atoms with Crippen molar-refractivity contribution in [3.8, 4) is 11.5 Å². The number of nitrogens with one attached hydrogen (secondary N) is 1. The minimum atomic E-state index is 0.618. The molecule has 4 nitrogen and oxygen atoms in total. The predicted molar refractivity (Wildman–Crippen MR) is 85.5 cm³/mol. The van der Waals surface area contributed by atoms with Crippen molar-refractivity contribution in [3.05, 3.63) is 22.6 Å². The molecule has 3 rings (SSSR count). The van der Waals surface area contributed by atoms with Gasteiger partial charge in [-0.15, -0.1) is 11.3 Å². The Morgan fingerprint density at radius 2 is 2.00 bits per heavy atom. The summed E-state index contributed by atoms with van der Waals surface area (Å²) in [6.45, 7) is 5.97. The molecule has 1 aliphatic heterocycles. The fourth-order valence-electron chi connectivity index (χ4n) is 2.56. The first-order valence-corrected chi connectivity index (χ1v) is 8.18. The molecule has 5 heteroatoms. The summed E-state index contributed by atoms with van der Waals surface area (Å²) in [6, 6.07) is 4.19. The summed E-state index contributed by atoms with van der Waals surface area (Å²) in [5, 5.41) is 4.69. The van der Waals surface area contributed by atoms with E-state index in [-0.39, 0.29) is 0 Å². The number of thiophene rings is 1. The maximum absolute atomic E-state index is 5.70. The summed E-state index contributed by atoms with van der Waals surface area (Å²) in [5.74, 6) is 1.70. The third-order valence-corrected chi connectivity index (χ3v) is 4.74. The summed E-state index contributed by atoms with van der Waals surface area (Å²) in [6.07, 6.45) is 1.14. The van der Waals surface area contributed by atoms with Gasteiger partial charge < -0.3 is 19.5 Å². The van der Waals surface area contributed by atoms with Crippen LogP contribution in [0.25, 0.3) is 10.1 Å². The van der Waals surface area contributed by atoms with Gasteiger partial charge in [0.15, 0.2) is 11.5 Å². The average Bonchev–Trinajstić information content (AvgIpc) is 2.83. The van der Waals surface area contributed by atoms with E-state index in [1.807, 2.05) is 11.3 Å². The van der Waals surface area contributed by atoms with E-state index >= 15 is 0 Å². The zero-order chi connectivity index (χ0) is 14.7. The van der Waals surface area contributed by atoms with Gasteiger partial charge in [0.2, 0.25) is 0 Å². The first kappa shape index (κ1) is 14.6. The third-order valence-electron chi connectivity index (χ3n) is 3.54. The van der Waals surface area contributed by atoms with Crippen molar-refractivity contribution in [3.63, 3.8) is 0 Å². The Morgan fingerprint density at radius 1 is 1.24 bits per heavy atom. The van der Waals surface area contributed by atoms with Crippen LogP contribution in [0, 0.1) is 0 Å². The molecule has 0 amide bonds.